The number of carbonyl (C=O) groups excluding carboxylic acids is 2. The first kappa shape index (κ1) is 14.4. The number of nitrogens with zero attached hydrogens (tertiary/aromatic N) is 1. The molecule has 19 heavy (non-hydrogen) atoms. The zero-order valence-electron chi connectivity index (χ0n) is 13.0. The highest BCUT2D eigenvalue weighted by Crippen LogP contribution is 2.68. The first-order chi connectivity index (χ1) is 8.50. The molecule has 0 aromatic rings. The summed E-state index contributed by atoms with van der Waals surface area (Å²) in [4.78, 5) is 26.0. The lowest BCUT2D eigenvalue weighted by molar-refractivity contribution is -0.137. The van der Waals surface area contributed by atoms with E-state index in [0.29, 0.717) is 18.9 Å². The average molecular weight is 266 g/mol. The van der Waals surface area contributed by atoms with Crippen LogP contribution in [0.5, 0.6) is 0 Å². The fraction of sp³-hybridized carbons (Fsp3) is 0.867. The maximum absolute atomic E-state index is 12.5. The minimum absolute atomic E-state index is 0.0323. The summed E-state index contributed by atoms with van der Waals surface area (Å²) >= 11 is 0. The summed E-state index contributed by atoms with van der Waals surface area (Å²) < 4.78 is 0. The molecule has 1 aliphatic carbocycles. The van der Waals surface area contributed by atoms with E-state index in [1.165, 1.54) is 0 Å². The molecule has 0 bridgehead atoms. The van der Waals surface area contributed by atoms with Crippen molar-refractivity contribution in [3.8, 4) is 0 Å². The molecule has 108 valence electrons. The molecule has 0 unspecified atom stereocenters. The second kappa shape index (κ2) is 3.97. The van der Waals surface area contributed by atoms with Crippen LogP contribution in [0.2, 0.25) is 0 Å². The number of nitrogens with one attached hydrogen (secondary N) is 1. The van der Waals surface area contributed by atoms with Crippen LogP contribution in [0.25, 0.3) is 0 Å². The molecule has 1 saturated heterocycles. The molecule has 2 aliphatic rings. The van der Waals surface area contributed by atoms with Gasteiger partial charge in [0, 0.05) is 19.5 Å². The Hall–Kier alpha value is -1.06. The van der Waals surface area contributed by atoms with E-state index >= 15 is 0 Å². The molecule has 1 aliphatic heterocycles. The molecule has 0 atom stereocenters. The number of amides is 2. The van der Waals surface area contributed by atoms with Gasteiger partial charge >= 0.3 is 0 Å². The van der Waals surface area contributed by atoms with E-state index in [1.807, 2.05) is 4.90 Å². The molecular weight excluding hydrogens is 240 g/mol. The molecule has 2 fully saturated rings. The van der Waals surface area contributed by atoms with E-state index in [1.54, 1.807) is 13.8 Å². The molecule has 0 aromatic heterocycles. The molecule has 0 radical (unpaired) electrons. The Morgan fingerprint density at radius 3 is 2.11 bits per heavy atom. The predicted octanol–water partition coefficient (Wildman–Crippen LogP) is 1.80. The largest absolute Gasteiger partial charge is 0.342 e. The highest BCUT2D eigenvalue weighted by Gasteiger charge is 2.65. The van der Waals surface area contributed by atoms with Crippen molar-refractivity contribution in [3.05, 3.63) is 0 Å². The molecule has 1 heterocycles. The third-order valence-corrected chi connectivity index (χ3v) is 5.61. The Morgan fingerprint density at radius 1 is 1.11 bits per heavy atom. The quantitative estimate of drug-likeness (QED) is 0.828. The van der Waals surface area contributed by atoms with Gasteiger partial charge in [0.1, 0.15) is 5.54 Å². The van der Waals surface area contributed by atoms with Crippen molar-refractivity contribution in [2.24, 2.45) is 16.7 Å². The van der Waals surface area contributed by atoms with Crippen LogP contribution >= 0.6 is 0 Å². The molecule has 0 spiro atoms. The fourth-order valence-corrected chi connectivity index (χ4v) is 3.38. The molecule has 4 heteroatoms. The van der Waals surface area contributed by atoms with Crippen LogP contribution in [0, 0.1) is 16.7 Å². The van der Waals surface area contributed by atoms with Gasteiger partial charge in [-0.1, -0.05) is 27.7 Å². The van der Waals surface area contributed by atoms with Gasteiger partial charge in [0.15, 0.2) is 0 Å². The summed E-state index contributed by atoms with van der Waals surface area (Å²) in [6.07, 6.45) is 0.406. The summed E-state index contributed by atoms with van der Waals surface area (Å²) in [7, 11) is 0. The van der Waals surface area contributed by atoms with Crippen molar-refractivity contribution in [3.63, 3.8) is 0 Å². The van der Waals surface area contributed by atoms with Crippen molar-refractivity contribution >= 4 is 11.8 Å². The molecule has 1 saturated carbocycles. The van der Waals surface area contributed by atoms with Crippen LogP contribution in [0.4, 0.5) is 0 Å². The maximum atomic E-state index is 12.5. The van der Waals surface area contributed by atoms with Gasteiger partial charge < -0.3 is 10.2 Å². The Balaban J connectivity index is 2.13. The Bertz CT molecular complexity index is 410. The van der Waals surface area contributed by atoms with Gasteiger partial charge in [-0.05, 0) is 30.6 Å². The Labute approximate surface area is 115 Å². The minimum atomic E-state index is -0.781. The van der Waals surface area contributed by atoms with Crippen LogP contribution in [0.15, 0.2) is 0 Å². The van der Waals surface area contributed by atoms with E-state index in [-0.39, 0.29) is 22.6 Å². The first-order valence-corrected chi connectivity index (χ1v) is 7.10. The molecule has 0 aromatic carbocycles. The lowest BCUT2D eigenvalue weighted by Gasteiger charge is -2.29. The van der Waals surface area contributed by atoms with Gasteiger partial charge in [-0.15, -0.1) is 0 Å². The second-order valence-corrected chi connectivity index (χ2v) is 7.67. The first-order valence-electron chi connectivity index (χ1n) is 7.10. The number of hydrogen-bond acceptors (Lipinski definition) is 2. The maximum Gasteiger partial charge on any atom is 0.247 e. The van der Waals surface area contributed by atoms with Crippen molar-refractivity contribution in [2.75, 3.05) is 13.1 Å². The monoisotopic (exact) mass is 266 g/mol. The highest BCUT2D eigenvalue weighted by molar-refractivity contribution is 5.92. The molecule has 2 rings (SSSR count). The third-order valence-electron chi connectivity index (χ3n) is 5.61. The van der Waals surface area contributed by atoms with Crippen LogP contribution in [-0.4, -0.2) is 35.3 Å². The van der Waals surface area contributed by atoms with E-state index in [4.69, 9.17) is 0 Å². The third kappa shape index (κ3) is 2.15. The Morgan fingerprint density at radius 2 is 1.63 bits per heavy atom. The van der Waals surface area contributed by atoms with Gasteiger partial charge in [0.2, 0.25) is 11.8 Å². The topological polar surface area (TPSA) is 49.4 Å². The van der Waals surface area contributed by atoms with Gasteiger partial charge in [-0.3, -0.25) is 9.59 Å². The number of hydrogen-bond donors (Lipinski definition) is 1. The average Bonchev–Trinajstić information content (AvgIpc) is 2.66. The van der Waals surface area contributed by atoms with Gasteiger partial charge in [0.05, 0.1) is 0 Å². The van der Waals surface area contributed by atoms with Crippen molar-refractivity contribution in [2.45, 2.75) is 53.5 Å². The normalized spacial score (nSPS) is 28.8. The van der Waals surface area contributed by atoms with Crippen molar-refractivity contribution in [1.82, 2.24) is 10.2 Å². The van der Waals surface area contributed by atoms with E-state index in [0.717, 1.165) is 6.54 Å². The predicted molar refractivity (Wildman–Crippen MR) is 74.5 cm³/mol. The SMILES string of the molecule is CC1(C)NC(=O)CCN(CC2C(C)(C)C2(C)C)C1=O. The smallest absolute Gasteiger partial charge is 0.247 e. The van der Waals surface area contributed by atoms with Crippen LogP contribution < -0.4 is 5.32 Å². The van der Waals surface area contributed by atoms with Crippen LogP contribution in [0.1, 0.15) is 48.0 Å². The second-order valence-electron chi connectivity index (χ2n) is 7.67. The standard InChI is InChI=1S/C15H26N2O2/c1-13(2)10(14(13,3)4)9-17-8-7-11(18)16-15(5,6)12(17)19/h10H,7-9H2,1-6H3,(H,16,18). The summed E-state index contributed by atoms with van der Waals surface area (Å²) in [6, 6.07) is 0. The summed E-state index contributed by atoms with van der Waals surface area (Å²) in [6.45, 7) is 13.9. The van der Waals surface area contributed by atoms with Crippen molar-refractivity contribution in [1.29, 1.82) is 0 Å². The van der Waals surface area contributed by atoms with Crippen molar-refractivity contribution < 1.29 is 9.59 Å². The Kier molecular flexibility index (Phi) is 3.00. The van der Waals surface area contributed by atoms with Gasteiger partial charge in [-0.2, -0.15) is 0 Å². The van der Waals surface area contributed by atoms with Crippen LogP contribution in [0.3, 0.4) is 0 Å². The summed E-state index contributed by atoms with van der Waals surface area (Å²) in [5.74, 6) is 0.514. The number of rotatable bonds is 2. The lowest BCUT2D eigenvalue weighted by Crippen LogP contribution is -2.53. The van der Waals surface area contributed by atoms with Crippen LogP contribution in [-0.2, 0) is 9.59 Å². The van der Waals surface area contributed by atoms with E-state index in [2.05, 4.69) is 33.0 Å². The van der Waals surface area contributed by atoms with Gasteiger partial charge in [0.25, 0.3) is 0 Å². The van der Waals surface area contributed by atoms with E-state index < -0.39 is 5.54 Å². The fourth-order valence-electron chi connectivity index (χ4n) is 3.38. The molecule has 2 amide bonds. The van der Waals surface area contributed by atoms with Gasteiger partial charge in [-0.25, -0.2) is 0 Å². The highest BCUT2D eigenvalue weighted by atomic mass is 16.2. The molecule has 1 N–H and O–H groups in total. The molecule has 4 nitrogen and oxygen atoms in total. The molecular formula is C15H26N2O2. The zero-order chi connectivity index (χ0) is 14.6. The van der Waals surface area contributed by atoms with E-state index in [9.17, 15) is 9.59 Å². The minimum Gasteiger partial charge on any atom is -0.342 e. The summed E-state index contributed by atoms with van der Waals surface area (Å²) in [5.41, 5.74) is -0.251. The summed E-state index contributed by atoms with van der Waals surface area (Å²) in [5, 5.41) is 2.80. The zero-order valence-corrected chi connectivity index (χ0v) is 13.0. The number of carbonyl (C=O) groups is 2. The lowest BCUT2D eigenvalue weighted by atomic mass is 10.0.